The predicted octanol–water partition coefficient (Wildman–Crippen LogP) is 5.69. The monoisotopic (exact) mass is 624 g/mol. The van der Waals surface area contributed by atoms with Crippen LogP contribution in [0.4, 0.5) is 8.78 Å². The van der Waals surface area contributed by atoms with Crippen molar-refractivity contribution >= 4 is 5.91 Å². The highest BCUT2D eigenvalue weighted by Crippen LogP contribution is 2.47. The first-order chi connectivity index (χ1) is 22.3. The van der Waals surface area contributed by atoms with Crippen molar-refractivity contribution in [3.63, 3.8) is 0 Å². The average Bonchev–Trinajstić information content (AvgIpc) is 3.08. The molecule has 0 radical (unpaired) electrons. The van der Waals surface area contributed by atoms with Crippen LogP contribution in [0.3, 0.4) is 0 Å². The molecule has 8 rings (SSSR count). The summed E-state index contributed by atoms with van der Waals surface area (Å²) in [6.07, 6.45) is -0.149. The number of fused-ring (bicyclic) bond motifs is 3. The van der Waals surface area contributed by atoms with E-state index in [-0.39, 0.29) is 17.5 Å². The van der Waals surface area contributed by atoms with Gasteiger partial charge in [0.1, 0.15) is 36.1 Å². The first kappa shape index (κ1) is 30.5. The number of benzene rings is 4. The van der Waals surface area contributed by atoms with Crippen molar-refractivity contribution in [1.82, 2.24) is 10.2 Å². The van der Waals surface area contributed by atoms with Crippen molar-refractivity contribution in [2.75, 3.05) is 39.3 Å². The molecule has 4 heterocycles. The predicted molar refractivity (Wildman–Crippen MR) is 172 cm³/mol. The number of nitrogens with zero attached hydrogens (tertiary/aromatic N) is 2. The molecule has 6 nitrogen and oxygen atoms in total. The number of aliphatic hydroxyl groups excluding tert-OH is 1. The normalized spacial score (nSPS) is 25.8. The molecule has 0 unspecified atom stereocenters. The topological polar surface area (TPSA) is 61.8 Å². The maximum Gasteiger partial charge on any atom is 0.227 e. The molecule has 4 aliphatic heterocycles. The van der Waals surface area contributed by atoms with Crippen molar-refractivity contribution < 1.29 is 27.9 Å². The number of amides is 1. The molecule has 4 aromatic carbocycles. The molecule has 3 atom stereocenters. The van der Waals surface area contributed by atoms with Crippen molar-refractivity contribution in [2.45, 2.75) is 37.6 Å². The summed E-state index contributed by atoms with van der Waals surface area (Å²) in [6, 6.07) is 28.4. The Morgan fingerprint density at radius 2 is 1.35 bits per heavy atom. The number of ether oxygens (including phenoxy) is 1. The summed E-state index contributed by atoms with van der Waals surface area (Å²) in [5, 5.41) is 13.9. The highest BCUT2D eigenvalue weighted by atomic mass is 19.1. The van der Waals surface area contributed by atoms with Gasteiger partial charge in [0, 0.05) is 25.2 Å². The van der Waals surface area contributed by atoms with Gasteiger partial charge in [0.15, 0.2) is 0 Å². The summed E-state index contributed by atoms with van der Waals surface area (Å²) in [5.41, 5.74) is 3.80. The average molecular weight is 625 g/mol. The van der Waals surface area contributed by atoms with Crippen LogP contribution in [-0.4, -0.2) is 59.7 Å². The maximum absolute atomic E-state index is 13.9. The number of aliphatic hydroxyl groups is 1. The first-order valence-corrected chi connectivity index (χ1v) is 16.2. The van der Waals surface area contributed by atoms with Gasteiger partial charge in [0.05, 0.1) is 31.7 Å². The largest absolute Gasteiger partial charge is 0.489 e. The molecule has 8 heteroatoms. The lowest BCUT2D eigenvalue weighted by molar-refractivity contribution is -0.953. The van der Waals surface area contributed by atoms with Gasteiger partial charge in [0.2, 0.25) is 5.91 Å². The quantitative estimate of drug-likeness (QED) is 0.166. The van der Waals surface area contributed by atoms with E-state index in [1.807, 2.05) is 24.3 Å². The molecule has 4 aromatic rings. The van der Waals surface area contributed by atoms with Gasteiger partial charge in [-0.15, -0.1) is 0 Å². The lowest BCUT2D eigenvalue weighted by Crippen LogP contribution is -2.67. The number of β-lactam (4-membered cyclic amide) rings is 1. The Bertz CT molecular complexity index is 1640. The maximum atomic E-state index is 13.9. The molecule has 2 N–H and O–H groups in total. The molecular formula is C38H40F2N3O3+. The van der Waals surface area contributed by atoms with Crippen LogP contribution in [-0.2, 0) is 23.5 Å². The molecular weight excluding hydrogens is 584 g/mol. The zero-order valence-electron chi connectivity index (χ0n) is 25.9. The number of nitrogens with one attached hydrogen (secondary N) is 1. The Labute approximate surface area is 268 Å². The number of hydrogen-bond donors (Lipinski definition) is 2. The van der Waals surface area contributed by atoms with E-state index in [9.17, 15) is 18.7 Å². The van der Waals surface area contributed by atoms with Gasteiger partial charge >= 0.3 is 0 Å². The van der Waals surface area contributed by atoms with E-state index < -0.39 is 17.6 Å². The Hall–Kier alpha value is -4.11. The molecule has 0 spiro atoms. The van der Waals surface area contributed by atoms with Crippen LogP contribution in [0, 0.1) is 17.6 Å². The van der Waals surface area contributed by atoms with Gasteiger partial charge < -0.3 is 19.6 Å². The minimum atomic E-state index is -0.880. The van der Waals surface area contributed by atoms with Gasteiger partial charge in [-0.05, 0) is 71.5 Å². The molecule has 0 aliphatic carbocycles. The third-order valence-electron chi connectivity index (χ3n) is 10.4. The fraction of sp³-hybridized carbons (Fsp3) is 0.342. The summed E-state index contributed by atoms with van der Waals surface area (Å²) >= 11 is 0. The molecule has 238 valence electrons. The molecule has 2 bridgehead atoms. The van der Waals surface area contributed by atoms with E-state index in [1.54, 1.807) is 24.3 Å². The van der Waals surface area contributed by atoms with E-state index in [0.29, 0.717) is 30.8 Å². The number of quaternary nitrogens is 1. The van der Waals surface area contributed by atoms with E-state index in [2.05, 4.69) is 34.5 Å². The smallest absolute Gasteiger partial charge is 0.227 e. The summed E-state index contributed by atoms with van der Waals surface area (Å²) in [4.78, 5) is 15.6. The molecule has 0 aromatic heterocycles. The number of rotatable bonds is 11. The fourth-order valence-corrected chi connectivity index (χ4v) is 7.51. The van der Waals surface area contributed by atoms with E-state index in [0.717, 1.165) is 23.2 Å². The Morgan fingerprint density at radius 3 is 1.93 bits per heavy atom. The molecule has 4 aliphatic rings. The molecule has 4 fully saturated rings. The van der Waals surface area contributed by atoms with Crippen LogP contribution in [0.15, 0.2) is 97.1 Å². The van der Waals surface area contributed by atoms with Crippen LogP contribution < -0.4 is 10.1 Å². The van der Waals surface area contributed by atoms with E-state index in [4.69, 9.17) is 4.74 Å². The number of carbonyl (C=O) groups excluding carboxylic acids is 1. The molecule has 4 saturated heterocycles. The van der Waals surface area contributed by atoms with Crippen molar-refractivity contribution in [3.05, 3.63) is 137 Å². The van der Waals surface area contributed by atoms with E-state index in [1.165, 1.54) is 73.6 Å². The first-order valence-electron chi connectivity index (χ1n) is 16.2. The van der Waals surface area contributed by atoms with Gasteiger partial charge in [-0.1, -0.05) is 60.7 Å². The third kappa shape index (κ3) is 6.05. The number of hydrogen-bond acceptors (Lipinski definition) is 4. The van der Waals surface area contributed by atoms with Crippen LogP contribution in [0.5, 0.6) is 5.75 Å². The third-order valence-corrected chi connectivity index (χ3v) is 10.4. The zero-order chi connectivity index (χ0) is 31.7. The Balaban J connectivity index is 1.03. The lowest BCUT2D eigenvalue weighted by atomic mass is 9.65. The minimum Gasteiger partial charge on any atom is -0.489 e. The molecule has 1 amide bonds. The number of halogens is 2. The highest BCUT2D eigenvalue weighted by Gasteiger charge is 2.55. The number of carbonyl (C=O) groups is 1. The van der Waals surface area contributed by atoms with Gasteiger partial charge in [-0.25, -0.2) is 8.78 Å². The lowest BCUT2D eigenvalue weighted by Gasteiger charge is -2.50. The van der Waals surface area contributed by atoms with Crippen LogP contribution >= 0.6 is 0 Å². The van der Waals surface area contributed by atoms with E-state index >= 15 is 0 Å². The second-order valence-corrected chi connectivity index (χ2v) is 13.1. The van der Waals surface area contributed by atoms with Crippen molar-refractivity contribution in [2.24, 2.45) is 5.92 Å². The second-order valence-electron chi connectivity index (χ2n) is 13.1. The summed E-state index contributed by atoms with van der Waals surface area (Å²) < 4.78 is 34.7. The van der Waals surface area contributed by atoms with Crippen LogP contribution in [0.25, 0.3) is 0 Å². The second kappa shape index (κ2) is 12.6. The standard InChI is InChI=1S/C38H39F2N3O3/c39-32-11-5-29(6-12-32)36(44)18-17-35-37(45)41-38(35,30-7-13-33(40)14-8-30)31-9-15-34(16-10-31)46-26-28-3-1-27(2-4-28)25-43-22-19-42(20-23-43)21-24-43/h1-16,35-36,44H,17-26H2/p+1/t35-,36-,38+/m0/s1. The van der Waals surface area contributed by atoms with Crippen molar-refractivity contribution in [1.29, 1.82) is 0 Å². The van der Waals surface area contributed by atoms with Crippen LogP contribution in [0.2, 0.25) is 0 Å². The molecule has 46 heavy (non-hydrogen) atoms. The summed E-state index contributed by atoms with van der Waals surface area (Å²) in [5.74, 6) is -0.642. The zero-order valence-corrected chi connectivity index (χ0v) is 25.9. The summed E-state index contributed by atoms with van der Waals surface area (Å²) in [7, 11) is 0. The Morgan fingerprint density at radius 1 is 0.804 bits per heavy atom. The van der Waals surface area contributed by atoms with Gasteiger partial charge in [-0.3, -0.25) is 9.69 Å². The van der Waals surface area contributed by atoms with Crippen LogP contribution in [0.1, 0.15) is 46.8 Å². The fourth-order valence-electron chi connectivity index (χ4n) is 7.51. The molecule has 0 saturated carbocycles. The minimum absolute atomic E-state index is 0.133. The highest BCUT2D eigenvalue weighted by molar-refractivity contribution is 5.90. The summed E-state index contributed by atoms with van der Waals surface area (Å²) in [6.45, 7) is 8.90. The van der Waals surface area contributed by atoms with Gasteiger partial charge in [0.25, 0.3) is 0 Å². The van der Waals surface area contributed by atoms with Gasteiger partial charge in [-0.2, -0.15) is 0 Å². The Kier molecular flexibility index (Phi) is 8.36. The van der Waals surface area contributed by atoms with Crippen molar-refractivity contribution in [3.8, 4) is 5.75 Å². The number of piperazine rings is 3. The SMILES string of the molecule is O=C1N[C@](c2ccc(F)cc2)(c2ccc(OCc3ccc(C[N+]45CCN(CC4)CC5)cc3)cc2)[C@H]1CC[C@H](O)c1ccc(F)cc1.